The van der Waals surface area contributed by atoms with Gasteiger partial charge in [0.1, 0.15) is 5.69 Å². The van der Waals surface area contributed by atoms with E-state index in [0.717, 1.165) is 11.3 Å². The lowest BCUT2D eigenvalue weighted by Crippen LogP contribution is -2.27. The van der Waals surface area contributed by atoms with Gasteiger partial charge in [-0.05, 0) is 25.5 Å². The molecule has 1 atom stereocenters. The number of rotatable bonds is 3. The van der Waals surface area contributed by atoms with Crippen molar-refractivity contribution in [1.82, 2.24) is 19.9 Å². The third kappa shape index (κ3) is 2.63. The molecule has 1 amide bonds. The van der Waals surface area contributed by atoms with E-state index in [1.165, 1.54) is 0 Å². The van der Waals surface area contributed by atoms with Crippen LogP contribution in [0.2, 0.25) is 0 Å². The predicted octanol–water partition coefficient (Wildman–Crippen LogP) is 2.53. The highest BCUT2D eigenvalue weighted by atomic mass is 16.1. The van der Waals surface area contributed by atoms with E-state index in [1.807, 2.05) is 44.2 Å². The van der Waals surface area contributed by atoms with Crippen molar-refractivity contribution in [2.75, 3.05) is 0 Å². The van der Waals surface area contributed by atoms with Crippen LogP contribution in [0.1, 0.15) is 34.7 Å². The van der Waals surface area contributed by atoms with Crippen molar-refractivity contribution in [3.05, 3.63) is 65.6 Å². The van der Waals surface area contributed by atoms with Crippen molar-refractivity contribution >= 4 is 11.6 Å². The summed E-state index contributed by atoms with van der Waals surface area (Å²) in [4.78, 5) is 16.7. The summed E-state index contributed by atoms with van der Waals surface area (Å²) in [5.41, 5.74) is 3.02. The Balaban J connectivity index is 1.84. The van der Waals surface area contributed by atoms with Crippen LogP contribution in [-0.2, 0) is 0 Å². The number of amides is 1. The first-order valence-corrected chi connectivity index (χ1v) is 6.82. The Labute approximate surface area is 122 Å². The van der Waals surface area contributed by atoms with Gasteiger partial charge in [0.05, 0.1) is 12.2 Å². The Bertz CT molecular complexity index is 779. The summed E-state index contributed by atoms with van der Waals surface area (Å²) >= 11 is 0. The average molecular weight is 280 g/mol. The van der Waals surface area contributed by atoms with Gasteiger partial charge >= 0.3 is 0 Å². The molecule has 3 rings (SSSR count). The zero-order chi connectivity index (χ0) is 14.8. The second-order valence-electron chi connectivity index (χ2n) is 4.99. The number of aryl methyl sites for hydroxylation is 1. The van der Waals surface area contributed by atoms with E-state index in [2.05, 4.69) is 15.4 Å². The van der Waals surface area contributed by atoms with Crippen molar-refractivity contribution in [2.45, 2.75) is 19.9 Å². The molecule has 0 fully saturated rings. The van der Waals surface area contributed by atoms with E-state index < -0.39 is 0 Å². The zero-order valence-corrected chi connectivity index (χ0v) is 11.9. The van der Waals surface area contributed by atoms with Crippen LogP contribution < -0.4 is 5.32 Å². The minimum Gasteiger partial charge on any atom is -0.344 e. The molecule has 0 radical (unpaired) electrons. The number of carbonyl (C=O) groups is 1. The van der Waals surface area contributed by atoms with Gasteiger partial charge in [0.25, 0.3) is 5.91 Å². The average Bonchev–Trinajstić information content (AvgIpc) is 2.97. The van der Waals surface area contributed by atoms with Crippen molar-refractivity contribution in [1.29, 1.82) is 0 Å². The molecule has 0 saturated heterocycles. The lowest BCUT2D eigenvalue weighted by atomic mass is 10.1. The van der Waals surface area contributed by atoms with E-state index in [-0.39, 0.29) is 11.9 Å². The van der Waals surface area contributed by atoms with Gasteiger partial charge in [-0.3, -0.25) is 4.79 Å². The van der Waals surface area contributed by atoms with Crippen molar-refractivity contribution in [3.8, 4) is 0 Å². The van der Waals surface area contributed by atoms with Crippen LogP contribution in [0.5, 0.6) is 0 Å². The molecule has 0 bridgehead atoms. The topological polar surface area (TPSA) is 59.3 Å². The molecule has 0 aliphatic carbocycles. The van der Waals surface area contributed by atoms with Crippen molar-refractivity contribution < 1.29 is 4.79 Å². The third-order valence-electron chi connectivity index (χ3n) is 3.42. The fraction of sp³-hybridized carbons (Fsp3) is 0.188. The summed E-state index contributed by atoms with van der Waals surface area (Å²) in [6, 6.07) is 13.3. The Morgan fingerprint density at radius 2 is 2.00 bits per heavy atom. The summed E-state index contributed by atoms with van der Waals surface area (Å²) in [5, 5.41) is 7.12. The largest absolute Gasteiger partial charge is 0.344 e. The summed E-state index contributed by atoms with van der Waals surface area (Å²) in [5.74, 6) is -0.182. The molecule has 3 aromatic rings. The normalized spacial score (nSPS) is 12.3. The van der Waals surface area contributed by atoms with Crippen LogP contribution in [0.15, 0.2) is 48.7 Å². The maximum absolute atomic E-state index is 12.3. The number of aromatic nitrogens is 3. The van der Waals surface area contributed by atoms with Crippen LogP contribution in [-0.4, -0.2) is 20.5 Å². The van der Waals surface area contributed by atoms with Gasteiger partial charge in [0.15, 0.2) is 5.65 Å². The maximum Gasteiger partial charge on any atom is 0.270 e. The zero-order valence-electron chi connectivity index (χ0n) is 11.9. The standard InChI is InChI=1S/C16H16N4O/c1-11-10-14(19-15-8-9-17-20(11)15)16(21)18-12(2)13-6-4-3-5-7-13/h3-10,12H,1-2H3,(H,18,21). The van der Waals surface area contributed by atoms with Gasteiger partial charge in [-0.25, -0.2) is 9.50 Å². The highest BCUT2D eigenvalue weighted by Crippen LogP contribution is 2.13. The Kier molecular flexibility index (Phi) is 3.39. The van der Waals surface area contributed by atoms with E-state index in [0.29, 0.717) is 11.3 Å². The smallest absolute Gasteiger partial charge is 0.270 e. The van der Waals surface area contributed by atoms with Gasteiger partial charge in [0, 0.05) is 11.8 Å². The molecular formula is C16H16N4O. The molecule has 0 saturated carbocycles. The molecule has 5 heteroatoms. The molecule has 0 spiro atoms. The molecule has 2 heterocycles. The first kappa shape index (κ1) is 13.3. The number of fused-ring (bicyclic) bond motifs is 1. The molecule has 21 heavy (non-hydrogen) atoms. The van der Waals surface area contributed by atoms with Crippen molar-refractivity contribution in [2.24, 2.45) is 0 Å². The quantitative estimate of drug-likeness (QED) is 0.802. The molecule has 2 aromatic heterocycles. The lowest BCUT2D eigenvalue weighted by Gasteiger charge is -2.14. The molecule has 106 valence electrons. The predicted molar refractivity (Wildman–Crippen MR) is 80.0 cm³/mol. The van der Waals surface area contributed by atoms with Gasteiger partial charge in [-0.15, -0.1) is 0 Å². The third-order valence-corrected chi connectivity index (χ3v) is 3.42. The number of carbonyl (C=O) groups excluding carboxylic acids is 1. The minimum absolute atomic E-state index is 0.0676. The molecule has 1 N–H and O–H groups in total. The van der Waals surface area contributed by atoms with E-state index >= 15 is 0 Å². The summed E-state index contributed by atoms with van der Waals surface area (Å²) in [6.45, 7) is 3.86. The van der Waals surface area contributed by atoms with Crippen LogP contribution >= 0.6 is 0 Å². The Morgan fingerprint density at radius 3 is 2.76 bits per heavy atom. The van der Waals surface area contributed by atoms with Crippen LogP contribution in [0.3, 0.4) is 0 Å². The molecular weight excluding hydrogens is 264 g/mol. The summed E-state index contributed by atoms with van der Waals surface area (Å²) < 4.78 is 1.71. The van der Waals surface area contributed by atoms with E-state index in [9.17, 15) is 4.79 Å². The first-order valence-electron chi connectivity index (χ1n) is 6.82. The summed E-state index contributed by atoms with van der Waals surface area (Å²) in [7, 11) is 0. The number of hydrogen-bond acceptors (Lipinski definition) is 3. The summed E-state index contributed by atoms with van der Waals surface area (Å²) in [6.07, 6.45) is 1.67. The monoisotopic (exact) mass is 280 g/mol. The minimum atomic E-state index is -0.182. The molecule has 1 aromatic carbocycles. The number of nitrogens with one attached hydrogen (secondary N) is 1. The fourth-order valence-electron chi connectivity index (χ4n) is 2.28. The number of hydrogen-bond donors (Lipinski definition) is 1. The van der Waals surface area contributed by atoms with Gasteiger partial charge in [-0.2, -0.15) is 5.10 Å². The molecule has 5 nitrogen and oxygen atoms in total. The maximum atomic E-state index is 12.3. The highest BCUT2D eigenvalue weighted by Gasteiger charge is 2.14. The Hall–Kier alpha value is -2.69. The second kappa shape index (κ2) is 5.36. The highest BCUT2D eigenvalue weighted by molar-refractivity contribution is 5.93. The van der Waals surface area contributed by atoms with E-state index in [4.69, 9.17) is 0 Å². The van der Waals surface area contributed by atoms with Crippen LogP contribution in [0.4, 0.5) is 0 Å². The van der Waals surface area contributed by atoms with Crippen LogP contribution in [0.25, 0.3) is 5.65 Å². The molecule has 0 aliphatic rings. The molecule has 0 aliphatic heterocycles. The Morgan fingerprint density at radius 1 is 1.24 bits per heavy atom. The molecule has 1 unspecified atom stereocenters. The second-order valence-corrected chi connectivity index (χ2v) is 4.99. The first-order chi connectivity index (χ1) is 10.1. The number of benzene rings is 1. The fourth-order valence-corrected chi connectivity index (χ4v) is 2.28. The van der Waals surface area contributed by atoms with E-state index in [1.54, 1.807) is 22.8 Å². The lowest BCUT2D eigenvalue weighted by molar-refractivity contribution is 0.0935. The van der Waals surface area contributed by atoms with Gasteiger partial charge in [-0.1, -0.05) is 30.3 Å². The SMILES string of the molecule is Cc1cc(C(=O)NC(C)c2ccccc2)nc2ccnn12. The van der Waals surface area contributed by atoms with Gasteiger partial charge < -0.3 is 5.32 Å². The van der Waals surface area contributed by atoms with Gasteiger partial charge in [0.2, 0.25) is 0 Å². The number of nitrogens with zero attached hydrogens (tertiary/aromatic N) is 3. The van der Waals surface area contributed by atoms with Crippen LogP contribution in [0, 0.1) is 6.92 Å². The van der Waals surface area contributed by atoms with Crippen molar-refractivity contribution in [3.63, 3.8) is 0 Å².